The summed E-state index contributed by atoms with van der Waals surface area (Å²) in [6, 6.07) is 9.22. The fourth-order valence-corrected chi connectivity index (χ4v) is 2.99. The van der Waals surface area contributed by atoms with Crippen LogP contribution in [0, 0.1) is 0 Å². The van der Waals surface area contributed by atoms with Gasteiger partial charge in [0.1, 0.15) is 5.41 Å². The van der Waals surface area contributed by atoms with Crippen LogP contribution in [0.5, 0.6) is 0 Å². The van der Waals surface area contributed by atoms with Crippen LogP contribution in [-0.2, 0) is 19.7 Å². The zero-order valence-electron chi connectivity index (χ0n) is 12.7. The monoisotopic (exact) mass is 287 g/mol. The number of ketones is 1. The summed E-state index contributed by atoms with van der Waals surface area (Å²) in [5.74, 6) is -0.391. The average molecular weight is 287 g/mol. The first kappa shape index (κ1) is 15.4. The number of nitrogens with zero attached hydrogens (tertiary/aromatic N) is 1. The Hall–Kier alpha value is -1.94. The van der Waals surface area contributed by atoms with E-state index in [0.717, 1.165) is 5.56 Å². The molecule has 0 radical (unpaired) electrons. The van der Waals surface area contributed by atoms with E-state index in [-0.39, 0.29) is 24.2 Å². The Morgan fingerprint density at radius 1 is 1.33 bits per heavy atom. The number of hydrogen-bond acceptors (Lipinski definition) is 4. The van der Waals surface area contributed by atoms with Crippen molar-refractivity contribution < 1.29 is 14.3 Å². The Morgan fingerprint density at radius 2 is 2.00 bits per heavy atom. The van der Waals surface area contributed by atoms with Gasteiger partial charge in [0.05, 0.1) is 6.61 Å². The Bertz CT molecular complexity index is 550. The molecule has 112 valence electrons. The maximum absolute atomic E-state index is 12.7. The zero-order chi connectivity index (χ0) is 15.5. The van der Waals surface area contributed by atoms with Gasteiger partial charge in [-0.25, -0.2) is 0 Å². The third-order valence-corrected chi connectivity index (χ3v) is 3.91. The van der Waals surface area contributed by atoms with Crippen molar-refractivity contribution >= 4 is 11.8 Å². The molecule has 1 aliphatic carbocycles. The highest BCUT2D eigenvalue weighted by Gasteiger charge is 2.51. The van der Waals surface area contributed by atoms with E-state index in [2.05, 4.69) is 0 Å². The third-order valence-electron chi connectivity index (χ3n) is 3.91. The zero-order valence-corrected chi connectivity index (χ0v) is 12.7. The van der Waals surface area contributed by atoms with Gasteiger partial charge in [0.2, 0.25) is 0 Å². The number of carbonyl (C=O) groups is 2. The standard InChI is InChI=1S/C17H21NO3/c1-4-21-16(20)17(13-8-6-5-7-9-13)12-14(19)10-11-15(17)18(2)3/h5-11,15H,4,12H2,1-3H3/t15-,17+/m0/s1. The van der Waals surface area contributed by atoms with E-state index in [1.54, 1.807) is 19.1 Å². The Kier molecular flexibility index (Phi) is 4.58. The first-order valence-corrected chi connectivity index (χ1v) is 7.12. The number of esters is 1. The molecule has 0 heterocycles. The molecule has 0 N–H and O–H groups in total. The number of benzene rings is 1. The molecule has 0 spiro atoms. The molecular formula is C17H21NO3. The van der Waals surface area contributed by atoms with E-state index in [0.29, 0.717) is 6.61 Å². The maximum atomic E-state index is 12.7. The topological polar surface area (TPSA) is 46.6 Å². The van der Waals surface area contributed by atoms with Gasteiger partial charge in [-0.05, 0) is 32.7 Å². The highest BCUT2D eigenvalue weighted by Crippen LogP contribution is 2.39. The normalized spacial score (nSPS) is 25.1. The van der Waals surface area contributed by atoms with Gasteiger partial charge in [-0.3, -0.25) is 9.59 Å². The number of hydrogen-bond donors (Lipinski definition) is 0. The molecule has 4 heteroatoms. The summed E-state index contributed by atoms with van der Waals surface area (Å²) in [6.07, 6.45) is 3.50. The molecule has 1 aromatic carbocycles. The molecule has 2 rings (SSSR count). The van der Waals surface area contributed by atoms with Gasteiger partial charge in [0.15, 0.2) is 5.78 Å². The van der Waals surface area contributed by atoms with Crippen molar-refractivity contribution in [3.05, 3.63) is 48.0 Å². The SMILES string of the molecule is CCOC(=O)[C@@]1(c2ccccc2)CC(=O)C=C[C@@H]1N(C)C. The van der Waals surface area contributed by atoms with Gasteiger partial charge in [-0.2, -0.15) is 0 Å². The number of carbonyl (C=O) groups excluding carboxylic acids is 2. The fourth-order valence-electron chi connectivity index (χ4n) is 2.99. The van der Waals surface area contributed by atoms with E-state index in [4.69, 9.17) is 4.74 Å². The van der Waals surface area contributed by atoms with Crippen molar-refractivity contribution in [2.24, 2.45) is 0 Å². The van der Waals surface area contributed by atoms with Crippen LogP contribution in [0.2, 0.25) is 0 Å². The highest BCUT2D eigenvalue weighted by atomic mass is 16.5. The second-order valence-corrected chi connectivity index (χ2v) is 5.47. The van der Waals surface area contributed by atoms with E-state index in [9.17, 15) is 9.59 Å². The molecule has 0 aliphatic heterocycles. The molecule has 4 nitrogen and oxygen atoms in total. The number of likely N-dealkylation sites (N-methyl/N-ethyl adjacent to an activating group) is 1. The molecule has 1 aromatic rings. The lowest BCUT2D eigenvalue weighted by atomic mass is 9.67. The van der Waals surface area contributed by atoms with Crippen molar-refractivity contribution in [1.29, 1.82) is 0 Å². The Balaban J connectivity index is 2.61. The summed E-state index contributed by atoms with van der Waals surface area (Å²) in [5.41, 5.74) is -0.160. The van der Waals surface area contributed by atoms with Crippen LogP contribution in [0.25, 0.3) is 0 Å². The molecule has 0 unspecified atom stereocenters. The summed E-state index contributed by atoms with van der Waals surface area (Å²) in [6.45, 7) is 2.08. The lowest BCUT2D eigenvalue weighted by molar-refractivity contribution is -0.154. The second kappa shape index (κ2) is 6.22. The van der Waals surface area contributed by atoms with Crippen LogP contribution >= 0.6 is 0 Å². The minimum atomic E-state index is -0.980. The van der Waals surface area contributed by atoms with Crippen molar-refractivity contribution in [3.63, 3.8) is 0 Å². The third kappa shape index (κ3) is 2.76. The van der Waals surface area contributed by atoms with E-state index >= 15 is 0 Å². The maximum Gasteiger partial charge on any atom is 0.318 e. The van der Waals surface area contributed by atoms with Crippen molar-refractivity contribution in [1.82, 2.24) is 4.90 Å². The molecule has 0 aromatic heterocycles. The van der Waals surface area contributed by atoms with Gasteiger partial charge in [0, 0.05) is 12.5 Å². The summed E-state index contributed by atoms with van der Waals surface area (Å²) in [4.78, 5) is 26.7. The molecule has 2 atom stereocenters. The van der Waals surface area contributed by atoms with E-state index < -0.39 is 5.41 Å². The molecule has 1 aliphatic rings. The van der Waals surface area contributed by atoms with E-state index in [1.807, 2.05) is 49.3 Å². The van der Waals surface area contributed by atoms with Crippen LogP contribution in [0.4, 0.5) is 0 Å². The Labute approximate surface area is 125 Å². The molecule has 0 bridgehead atoms. The highest BCUT2D eigenvalue weighted by molar-refractivity contribution is 5.99. The largest absolute Gasteiger partial charge is 0.465 e. The lowest BCUT2D eigenvalue weighted by Gasteiger charge is -2.42. The van der Waals surface area contributed by atoms with Crippen LogP contribution in [0.1, 0.15) is 18.9 Å². The van der Waals surface area contributed by atoms with Crippen LogP contribution in [0.15, 0.2) is 42.5 Å². The average Bonchev–Trinajstić information content (AvgIpc) is 2.47. The van der Waals surface area contributed by atoms with Crippen LogP contribution in [-0.4, -0.2) is 43.4 Å². The lowest BCUT2D eigenvalue weighted by Crippen LogP contribution is -2.55. The van der Waals surface area contributed by atoms with Gasteiger partial charge >= 0.3 is 5.97 Å². The van der Waals surface area contributed by atoms with E-state index in [1.165, 1.54) is 0 Å². The fraction of sp³-hybridized carbons (Fsp3) is 0.412. The minimum absolute atomic E-state index is 0.0509. The number of rotatable bonds is 4. The Morgan fingerprint density at radius 3 is 2.57 bits per heavy atom. The van der Waals surface area contributed by atoms with Crippen molar-refractivity contribution in [2.75, 3.05) is 20.7 Å². The van der Waals surface area contributed by atoms with Crippen LogP contribution < -0.4 is 0 Å². The van der Waals surface area contributed by atoms with Gasteiger partial charge in [-0.1, -0.05) is 36.4 Å². The summed E-state index contributed by atoms with van der Waals surface area (Å²) in [5, 5.41) is 0. The van der Waals surface area contributed by atoms with Crippen molar-refractivity contribution in [2.45, 2.75) is 24.8 Å². The predicted molar refractivity (Wildman–Crippen MR) is 81.0 cm³/mol. The predicted octanol–water partition coefficient (Wildman–Crippen LogP) is 1.95. The molecular weight excluding hydrogens is 266 g/mol. The number of ether oxygens (including phenoxy) is 1. The first-order valence-electron chi connectivity index (χ1n) is 7.12. The molecule has 21 heavy (non-hydrogen) atoms. The smallest absolute Gasteiger partial charge is 0.318 e. The van der Waals surface area contributed by atoms with Crippen molar-refractivity contribution in [3.8, 4) is 0 Å². The summed E-state index contributed by atoms with van der Waals surface area (Å²) >= 11 is 0. The number of allylic oxidation sites excluding steroid dienone is 1. The van der Waals surface area contributed by atoms with Gasteiger partial charge in [-0.15, -0.1) is 0 Å². The van der Waals surface area contributed by atoms with Crippen LogP contribution in [0.3, 0.4) is 0 Å². The molecule has 0 saturated carbocycles. The molecule has 0 fully saturated rings. The first-order chi connectivity index (χ1) is 10.0. The molecule has 0 amide bonds. The minimum Gasteiger partial charge on any atom is -0.465 e. The summed E-state index contributed by atoms with van der Waals surface area (Å²) in [7, 11) is 3.81. The summed E-state index contributed by atoms with van der Waals surface area (Å²) < 4.78 is 5.32. The quantitative estimate of drug-likeness (QED) is 0.794. The molecule has 0 saturated heterocycles. The van der Waals surface area contributed by atoms with Gasteiger partial charge < -0.3 is 9.64 Å². The second-order valence-electron chi connectivity index (χ2n) is 5.47. The van der Waals surface area contributed by atoms with Gasteiger partial charge in [0.25, 0.3) is 0 Å².